The third-order valence-electron chi connectivity index (χ3n) is 1.25. The molecule has 90 valence electrons. The first-order valence-electron chi connectivity index (χ1n) is 3.89. The van der Waals surface area contributed by atoms with Crippen LogP contribution in [0.3, 0.4) is 0 Å². The van der Waals surface area contributed by atoms with E-state index in [0.29, 0.717) is 0 Å². The zero-order valence-corrected chi connectivity index (χ0v) is 9.89. The Morgan fingerprint density at radius 1 is 1.47 bits per heavy atom. The van der Waals surface area contributed by atoms with Crippen molar-refractivity contribution in [3.8, 4) is 0 Å². The molecule has 0 radical (unpaired) electrons. The fraction of sp³-hybridized carbons (Fsp3) is 0.833. The van der Waals surface area contributed by atoms with Crippen molar-refractivity contribution in [3.63, 3.8) is 0 Å². The van der Waals surface area contributed by atoms with Crippen molar-refractivity contribution >= 4 is 27.9 Å². The molecule has 1 atom stereocenters. The molecule has 7 nitrogen and oxygen atoms in total. The van der Waals surface area contributed by atoms with Crippen LogP contribution >= 0.6 is 11.6 Å². The van der Waals surface area contributed by atoms with Crippen LogP contribution in [-0.4, -0.2) is 47.3 Å². The van der Waals surface area contributed by atoms with E-state index in [0.717, 1.165) is 7.11 Å². The molecule has 15 heavy (non-hydrogen) atoms. The van der Waals surface area contributed by atoms with Gasteiger partial charge in [0.15, 0.2) is 0 Å². The predicted octanol–water partition coefficient (Wildman–Crippen LogP) is -0.569. The van der Waals surface area contributed by atoms with Crippen molar-refractivity contribution < 1.29 is 22.7 Å². The highest BCUT2D eigenvalue weighted by Crippen LogP contribution is 1.94. The van der Waals surface area contributed by atoms with Gasteiger partial charge in [-0.3, -0.25) is 0 Å². The summed E-state index contributed by atoms with van der Waals surface area (Å²) in [4.78, 5) is 10.6. The SMILES string of the molecule is COCC(Cl)CNS(=O)(=O)NC(=O)OC. The number of alkyl halides is 1. The van der Waals surface area contributed by atoms with Crippen LogP contribution in [0.25, 0.3) is 0 Å². The Morgan fingerprint density at radius 3 is 2.53 bits per heavy atom. The van der Waals surface area contributed by atoms with Gasteiger partial charge in [-0.1, -0.05) is 0 Å². The van der Waals surface area contributed by atoms with Crippen molar-refractivity contribution in [2.45, 2.75) is 5.38 Å². The van der Waals surface area contributed by atoms with Crippen molar-refractivity contribution in [3.05, 3.63) is 0 Å². The lowest BCUT2D eigenvalue weighted by Crippen LogP contribution is -2.42. The molecule has 1 amide bonds. The first kappa shape index (κ1) is 14.4. The maximum atomic E-state index is 11.1. The van der Waals surface area contributed by atoms with Gasteiger partial charge in [-0.25, -0.2) is 9.52 Å². The largest absolute Gasteiger partial charge is 0.452 e. The second-order valence-electron chi connectivity index (χ2n) is 2.50. The lowest BCUT2D eigenvalue weighted by molar-refractivity contribution is 0.177. The zero-order valence-electron chi connectivity index (χ0n) is 8.32. The highest BCUT2D eigenvalue weighted by atomic mass is 35.5. The van der Waals surface area contributed by atoms with E-state index in [1.165, 1.54) is 7.11 Å². The topological polar surface area (TPSA) is 93.7 Å². The molecule has 0 saturated carbocycles. The molecule has 0 rings (SSSR count). The number of halogens is 1. The number of ether oxygens (including phenoxy) is 2. The lowest BCUT2D eigenvalue weighted by atomic mass is 10.5. The first-order valence-corrected chi connectivity index (χ1v) is 5.81. The number of carbonyl (C=O) groups is 1. The number of methoxy groups -OCH3 is 2. The molecule has 0 heterocycles. The highest BCUT2D eigenvalue weighted by molar-refractivity contribution is 7.88. The van der Waals surface area contributed by atoms with E-state index in [4.69, 9.17) is 16.3 Å². The molecule has 0 aliphatic carbocycles. The third-order valence-corrected chi connectivity index (χ3v) is 2.51. The average molecular weight is 261 g/mol. The molecule has 1 unspecified atom stereocenters. The molecule has 9 heteroatoms. The van der Waals surface area contributed by atoms with Gasteiger partial charge in [0.25, 0.3) is 0 Å². The van der Waals surface area contributed by atoms with E-state index in [1.807, 2.05) is 0 Å². The monoisotopic (exact) mass is 260 g/mol. The van der Waals surface area contributed by atoms with Crippen LogP contribution in [0.15, 0.2) is 0 Å². The molecule has 0 aromatic rings. The Hall–Kier alpha value is -0.570. The van der Waals surface area contributed by atoms with Crippen LogP contribution < -0.4 is 9.44 Å². The van der Waals surface area contributed by atoms with Crippen LogP contribution in [0.4, 0.5) is 4.79 Å². The van der Waals surface area contributed by atoms with Crippen molar-refractivity contribution in [2.24, 2.45) is 0 Å². The minimum absolute atomic E-state index is 0.0538. The summed E-state index contributed by atoms with van der Waals surface area (Å²) in [5.41, 5.74) is 0. The van der Waals surface area contributed by atoms with Crippen LogP contribution in [0.2, 0.25) is 0 Å². The summed E-state index contributed by atoms with van der Waals surface area (Å²) in [5, 5.41) is -0.510. The van der Waals surface area contributed by atoms with Gasteiger partial charge < -0.3 is 9.47 Å². The summed E-state index contributed by atoms with van der Waals surface area (Å²) in [6.45, 7) is 0.143. The fourth-order valence-corrected chi connectivity index (χ4v) is 1.72. The summed E-state index contributed by atoms with van der Waals surface area (Å²) < 4.78 is 34.6. The number of carbonyl (C=O) groups excluding carboxylic acids is 1. The number of rotatable bonds is 6. The summed E-state index contributed by atoms with van der Waals surface area (Å²) in [6, 6.07) is 0. The van der Waals surface area contributed by atoms with Gasteiger partial charge in [0, 0.05) is 13.7 Å². The molecule has 2 N–H and O–H groups in total. The molecular weight excluding hydrogens is 248 g/mol. The maximum Gasteiger partial charge on any atom is 0.421 e. The average Bonchev–Trinajstić information content (AvgIpc) is 2.15. The molecule has 0 aromatic carbocycles. The Morgan fingerprint density at radius 2 is 2.07 bits per heavy atom. The van der Waals surface area contributed by atoms with Gasteiger partial charge in [-0.15, -0.1) is 11.6 Å². The Kier molecular flexibility index (Phi) is 6.57. The van der Waals surface area contributed by atoms with Gasteiger partial charge in [0.1, 0.15) is 0 Å². The molecule has 0 saturated heterocycles. The lowest BCUT2D eigenvalue weighted by Gasteiger charge is -2.10. The van der Waals surface area contributed by atoms with Crippen LogP contribution in [-0.2, 0) is 19.7 Å². The molecule has 0 aliphatic rings. The molecule has 0 aromatic heterocycles. The summed E-state index contributed by atoms with van der Waals surface area (Å²) >= 11 is 5.66. The minimum Gasteiger partial charge on any atom is -0.452 e. The number of amides is 1. The van der Waals surface area contributed by atoms with Crippen LogP contribution in [0, 0.1) is 0 Å². The highest BCUT2D eigenvalue weighted by Gasteiger charge is 2.15. The van der Waals surface area contributed by atoms with E-state index in [-0.39, 0.29) is 13.2 Å². The van der Waals surface area contributed by atoms with Crippen LogP contribution in [0.1, 0.15) is 0 Å². The van der Waals surface area contributed by atoms with Gasteiger partial charge in [0.05, 0.1) is 19.1 Å². The second kappa shape index (κ2) is 6.83. The Balaban J connectivity index is 3.99. The molecule has 0 bridgehead atoms. The van der Waals surface area contributed by atoms with Crippen molar-refractivity contribution in [2.75, 3.05) is 27.4 Å². The molecular formula is C6H13ClN2O5S. The van der Waals surface area contributed by atoms with E-state index >= 15 is 0 Å². The Bertz CT molecular complexity index is 294. The van der Waals surface area contributed by atoms with E-state index in [1.54, 1.807) is 4.72 Å². The van der Waals surface area contributed by atoms with Crippen molar-refractivity contribution in [1.29, 1.82) is 0 Å². The zero-order chi connectivity index (χ0) is 11.9. The van der Waals surface area contributed by atoms with Crippen LogP contribution in [0.5, 0.6) is 0 Å². The Labute approximate surface area is 93.3 Å². The predicted molar refractivity (Wildman–Crippen MR) is 54.0 cm³/mol. The van der Waals surface area contributed by atoms with Gasteiger partial charge >= 0.3 is 16.3 Å². The smallest absolute Gasteiger partial charge is 0.421 e. The summed E-state index contributed by atoms with van der Waals surface area (Å²) in [5.74, 6) is 0. The summed E-state index contributed by atoms with van der Waals surface area (Å²) in [6.07, 6.45) is -1.07. The normalized spacial score (nSPS) is 13.3. The third kappa shape index (κ3) is 7.37. The molecule has 0 fully saturated rings. The van der Waals surface area contributed by atoms with Crippen molar-refractivity contribution in [1.82, 2.24) is 9.44 Å². The van der Waals surface area contributed by atoms with E-state index in [2.05, 4.69) is 9.46 Å². The number of nitrogens with one attached hydrogen (secondary N) is 2. The standard InChI is InChI=1S/C6H13ClN2O5S/c1-13-4-5(7)3-8-15(11,12)9-6(10)14-2/h5,8H,3-4H2,1-2H3,(H,9,10). The number of hydrogen-bond donors (Lipinski definition) is 2. The second-order valence-corrected chi connectivity index (χ2v) is 4.62. The minimum atomic E-state index is -3.92. The van der Waals surface area contributed by atoms with Gasteiger partial charge in [-0.2, -0.15) is 13.1 Å². The molecule has 0 spiro atoms. The summed E-state index contributed by atoms with van der Waals surface area (Å²) in [7, 11) is -1.42. The van der Waals surface area contributed by atoms with E-state index in [9.17, 15) is 13.2 Å². The maximum absolute atomic E-state index is 11.1. The fourth-order valence-electron chi connectivity index (χ4n) is 0.627. The van der Waals surface area contributed by atoms with Gasteiger partial charge in [-0.05, 0) is 0 Å². The first-order chi connectivity index (χ1) is 6.91. The molecule has 0 aliphatic heterocycles. The number of hydrogen-bond acceptors (Lipinski definition) is 5. The van der Waals surface area contributed by atoms with Gasteiger partial charge in [0.2, 0.25) is 0 Å². The van der Waals surface area contributed by atoms with E-state index < -0.39 is 21.7 Å². The quantitative estimate of drug-likeness (QED) is 0.624.